The molecule has 1 atom stereocenters. The fourth-order valence-corrected chi connectivity index (χ4v) is 2.25. The van der Waals surface area contributed by atoms with Gasteiger partial charge in [-0.2, -0.15) is 0 Å². The van der Waals surface area contributed by atoms with Gasteiger partial charge in [0.05, 0.1) is 0 Å². The highest BCUT2D eigenvalue weighted by atomic mass is 16.5. The Morgan fingerprint density at radius 3 is 2.58 bits per heavy atom. The molecule has 0 aliphatic rings. The zero-order chi connectivity index (χ0) is 18.9. The van der Waals surface area contributed by atoms with Crippen LogP contribution >= 0.6 is 0 Å². The number of nitrogens with zero attached hydrogens (tertiary/aromatic N) is 1. The highest BCUT2D eigenvalue weighted by Crippen LogP contribution is 2.03. The van der Waals surface area contributed by atoms with Gasteiger partial charge in [-0.05, 0) is 18.4 Å². The minimum absolute atomic E-state index is 0.0335. The van der Waals surface area contributed by atoms with Crippen molar-refractivity contribution in [2.24, 2.45) is 0 Å². The van der Waals surface area contributed by atoms with Crippen LogP contribution in [0.15, 0.2) is 52.2 Å². The van der Waals surface area contributed by atoms with Crippen LogP contribution in [0.5, 0.6) is 0 Å². The molecule has 2 aromatic rings. The number of carbonyl (C=O) groups excluding carboxylic acids is 1. The molecule has 138 valence electrons. The third-order valence-electron chi connectivity index (χ3n) is 3.59. The van der Waals surface area contributed by atoms with E-state index in [9.17, 15) is 24.3 Å². The maximum absolute atomic E-state index is 11.8. The van der Waals surface area contributed by atoms with E-state index in [-0.39, 0.29) is 19.6 Å². The van der Waals surface area contributed by atoms with Gasteiger partial charge >= 0.3 is 17.8 Å². The van der Waals surface area contributed by atoms with Crippen molar-refractivity contribution >= 4 is 12.1 Å². The molecule has 9 nitrogen and oxygen atoms in total. The van der Waals surface area contributed by atoms with Crippen LogP contribution < -0.4 is 16.6 Å². The average molecular weight is 361 g/mol. The highest BCUT2D eigenvalue weighted by molar-refractivity contribution is 5.79. The number of carboxylic acid groups (broad SMARTS) is 1. The van der Waals surface area contributed by atoms with Crippen LogP contribution in [0.3, 0.4) is 0 Å². The van der Waals surface area contributed by atoms with Crippen molar-refractivity contribution in [2.45, 2.75) is 32.0 Å². The average Bonchev–Trinajstić information content (AvgIpc) is 2.61. The number of ether oxygens (including phenoxy) is 1. The van der Waals surface area contributed by atoms with Crippen molar-refractivity contribution in [2.75, 3.05) is 0 Å². The lowest BCUT2D eigenvalue weighted by molar-refractivity contribution is -0.139. The van der Waals surface area contributed by atoms with Gasteiger partial charge in [0.15, 0.2) is 0 Å². The number of aryl methyl sites for hydroxylation is 1. The van der Waals surface area contributed by atoms with Gasteiger partial charge in [0, 0.05) is 18.8 Å². The molecule has 0 bridgehead atoms. The third-order valence-corrected chi connectivity index (χ3v) is 3.59. The predicted molar refractivity (Wildman–Crippen MR) is 91.7 cm³/mol. The molecule has 0 saturated heterocycles. The second-order valence-electron chi connectivity index (χ2n) is 5.54. The summed E-state index contributed by atoms with van der Waals surface area (Å²) in [6, 6.07) is 9.06. The number of amides is 1. The van der Waals surface area contributed by atoms with E-state index in [1.807, 2.05) is 6.07 Å². The summed E-state index contributed by atoms with van der Waals surface area (Å²) in [6.45, 7) is 0.242. The molecule has 0 radical (unpaired) electrons. The fourth-order valence-electron chi connectivity index (χ4n) is 2.25. The summed E-state index contributed by atoms with van der Waals surface area (Å²) in [5, 5.41) is 11.5. The van der Waals surface area contributed by atoms with Crippen molar-refractivity contribution in [1.82, 2.24) is 14.9 Å². The molecular formula is C17H19N3O6. The number of aliphatic carboxylic acids is 1. The first kappa shape index (κ1) is 19.0. The molecule has 0 aliphatic heterocycles. The van der Waals surface area contributed by atoms with E-state index in [1.54, 1.807) is 24.3 Å². The van der Waals surface area contributed by atoms with E-state index >= 15 is 0 Å². The number of nitrogens with one attached hydrogen (secondary N) is 2. The van der Waals surface area contributed by atoms with Gasteiger partial charge < -0.3 is 19.7 Å². The Labute approximate surface area is 148 Å². The van der Waals surface area contributed by atoms with Crippen molar-refractivity contribution < 1.29 is 19.4 Å². The van der Waals surface area contributed by atoms with Crippen molar-refractivity contribution in [1.29, 1.82) is 0 Å². The van der Waals surface area contributed by atoms with Crippen molar-refractivity contribution in [3.8, 4) is 0 Å². The lowest BCUT2D eigenvalue weighted by Gasteiger charge is -2.15. The summed E-state index contributed by atoms with van der Waals surface area (Å²) in [5.41, 5.74) is -0.288. The second kappa shape index (κ2) is 9.21. The Balaban J connectivity index is 1.82. The number of aromatic amines is 1. The topological polar surface area (TPSA) is 130 Å². The Kier molecular flexibility index (Phi) is 6.72. The zero-order valence-corrected chi connectivity index (χ0v) is 13.9. The molecule has 0 saturated carbocycles. The Morgan fingerprint density at radius 2 is 1.92 bits per heavy atom. The molecule has 1 amide bonds. The Morgan fingerprint density at radius 1 is 1.19 bits per heavy atom. The number of hydrogen-bond acceptors (Lipinski definition) is 5. The van der Waals surface area contributed by atoms with Gasteiger partial charge in [-0.3, -0.25) is 9.78 Å². The minimum atomic E-state index is -1.20. The number of rotatable bonds is 8. The lowest BCUT2D eigenvalue weighted by atomic mass is 10.1. The first-order valence-corrected chi connectivity index (χ1v) is 7.95. The predicted octanol–water partition coefficient (Wildman–Crippen LogP) is 0.696. The molecule has 2 rings (SSSR count). The molecular weight excluding hydrogens is 342 g/mol. The molecule has 0 fully saturated rings. The van der Waals surface area contributed by atoms with Crippen LogP contribution in [0.25, 0.3) is 0 Å². The van der Waals surface area contributed by atoms with E-state index < -0.39 is 29.4 Å². The normalized spacial score (nSPS) is 11.5. The largest absolute Gasteiger partial charge is 0.480 e. The standard InChI is InChI=1S/C17H19N3O6/c21-14-8-10-20(16(24)19-14)9-4-7-13(15(22)23)18-17(25)26-11-12-5-2-1-3-6-12/h1-3,5-6,8,10,13H,4,7,9,11H2,(H,18,25)(H,22,23)(H,19,21,24)/t13-/m0/s1. The molecule has 0 aliphatic carbocycles. The summed E-state index contributed by atoms with van der Waals surface area (Å²) in [5.74, 6) is -1.20. The SMILES string of the molecule is O=C(N[C@@H](CCCn1ccc(=O)[nH]c1=O)C(=O)O)OCc1ccccc1. The number of aromatic nitrogens is 2. The number of hydrogen-bond donors (Lipinski definition) is 3. The quantitative estimate of drug-likeness (QED) is 0.634. The molecule has 1 aromatic heterocycles. The van der Waals surface area contributed by atoms with Crippen LogP contribution in [-0.4, -0.2) is 32.8 Å². The first-order chi connectivity index (χ1) is 12.5. The number of benzene rings is 1. The van der Waals surface area contributed by atoms with Crippen LogP contribution in [0.4, 0.5) is 4.79 Å². The van der Waals surface area contributed by atoms with Crippen molar-refractivity contribution in [3.63, 3.8) is 0 Å². The number of H-pyrrole nitrogens is 1. The molecule has 1 aromatic carbocycles. The van der Waals surface area contributed by atoms with Gasteiger partial charge in [0.1, 0.15) is 12.6 Å². The summed E-state index contributed by atoms with van der Waals surface area (Å²) < 4.78 is 6.26. The number of carbonyl (C=O) groups is 2. The molecule has 0 spiro atoms. The van der Waals surface area contributed by atoms with Gasteiger partial charge in [0.25, 0.3) is 5.56 Å². The van der Waals surface area contributed by atoms with Crippen molar-refractivity contribution in [3.05, 3.63) is 69.0 Å². The van der Waals surface area contributed by atoms with E-state index in [2.05, 4.69) is 10.3 Å². The molecule has 9 heteroatoms. The zero-order valence-electron chi connectivity index (χ0n) is 13.9. The van der Waals surface area contributed by atoms with Gasteiger partial charge in [-0.25, -0.2) is 14.4 Å². The summed E-state index contributed by atoms with van der Waals surface area (Å²) in [6.07, 6.45) is 0.907. The van der Waals surface area contributed by atoms with Crippen LogP contribution in [0.1, 0.15) is 18.4 Å². The first-order valence-electron chi connectivity index (χ1n) is 7.95. The monoisotopic (exact) mass is 361 g/mol. The van der Waals surface area contributed by atoms with Crippen LogP contribution in [0, 0.1) is 0 Å². The molecule has 26 heavy (non-hydrogen) atoms. The molecule has 3 N–H and O–H groups in total. The van der Waals surface area contributed by atoms with E-state index in [4.69, 9.17) is 4.74 Å². The van der Waals surface area contributed by atoms with Gasteiger partial charge in [-0.15, -0.1) is 0 Å². The number of carboxylic acids is 1. The van der Waals surface area contributed by atoms with Crippen LogP contribution in [0.2, 0.25) is 0 Å². The fraction of sp³-hybridized carbons (Fsp3) is 0.294. The molecule has 1 heterocycles. The maximum atomic E-state index is 11.8. The second-order valence-corrected chi connectivity index (χ2v) is 5.54. The van der Waals surface area contributed by atoms with Crippen LogP contribution in [-0.2, 0) is 22.7 Å². The highest BCUT2D eigenvalue weighted by Gasteiger charge is 2.20. The number of alkyl carbamates (subject to hydrolysis) is 1. The van der Waals surface area contributed by atoms with Gasteiger partial charge in [0.2, 0.25) is 0 Å². The summed E-state index contributed by atoms with van der Waals surface area (Å²) in [7, 11) is 0. The summed E-state index contributed by atoms with van der Waals surface area (Å²) in [4.78, 5) is 47.7. The molecule has 0 unspecified atom stereocenters. The minimum Gasteiger partial charge on any atom is -0.480 e. The lowest BCUT2D eigenvalue weighted by Crippen LogP contribution is -2.41. The van der Waals surface area contributed by atoms with E-state index in [1.165, 1.54) is 16.8 Å². The maximum Gasteiger partial charge on any atom is 0.408 e. The third kappa shape index (κ3) is 5.93. The summed E-state index contributed by atoms with van der Waals surface area (Å²) >= 11 is 0. The van der Waals surface area contributed by atoms with E-state index in [0.717, 1.165) is 5.56 Å². The smallest absolute Gasteiger partial charge is 0.408 e. The van der Waals surface area contributed by atoms with Gasteiger partial charge in [-0.1, -0.05) is 30.3 Å². The Hall–Kier alpha value is -3.36. The Bertz CT molecular complexity index is 859. The van der Waals surface area contributed by atoms with E-state index in [0.29, 0.717) is 6.42 Å².